The van der Waals surface area contributed by atoms with Crippen molar-refractivity contribution in [3.05, 3.63) is 23.3 Å². The molecular weight excluding hydrogens is 212 g/mol. The van der Waals surface area contributed by atoms with Gasteiger partial charge in [-0.05, 0) is 43.0 Å². The molecule has 0 saturated carbocycles. The zero-order chi connectivity index (χ0) is 13.0. The van der Waals surface area contributed by atoms with E-state index in [1.807, 2.05) is 26.0 Å². The van der Waals surface area contributed by atoms with Crippen LogP contribution in [-0.2, 0) is 4.79 Å². The van der Waals surface area contributed by atoms with Crippen LogP contribution in [0.15, 0.2) is 12.1 Å². The summed E-state index contributed by atoms with van der Waals surface area (Å²) in [6, 6.07) is 3.76. The molecule has 3 heteroatoms. The van der Waals surface area contributed by atoms with E-state index in [1.54, 1.807) is 0 Å². The van der Waals surface area contributed by atoms with Gasteiger partial charge in [-0.15, -0.1) is 0 Å². The van der Waals surface area contributed by atoms with Gasteiger partial charge >= 0.3 is 0 Å². The molecule has 0 fully saturated rings. The van der Waals surface area contributed by atoms with Crippen LogP contribution in [0.25, 0.3) is 0 Å². The summed E-state index contributed by atoms with van der Waals surface area (Å²) in [6.45, 7) is 8.10. The third-order valence-electron chi connectivity index (χ3n) is 3.05. The predicted octanol–water partition coefficient (Wildman–Crippen LogP) is 3.26. The molecular formula is C14H22N2O. The van der Waals surface area contributed by atoms with Crippen LogP contribution in [-0.4, -0.2) is 5.91 Å². The summed E-state index contributed by atoms with van der Waals surface area (Å²) in [5.74, 6) is 0.500. The first-order chi connectivity index (χ1) is 7.93. The summed E-state index contributed by atoms with van der Waals surface area (Å²) in [6.07, 6.45) is 1.59. The molecule has 1 atom stereocenters. The number of carbonyl (C=O) groups excluding carboxylic acids is 1. The molecule has 1 aromatic carbocycles. The maximum absolute atomic E-state index is 11.8. The fourth-order valence-corrected chi connectivity index (χ4v) is 1.85. The zero-order valence-corrected chi connectivity index (χ0v) is 11.1. The van der Waals surface area contributed by atoms with Gasteiger partial charge in [-0.3, -0.25) is 4.79 Å². The average molecular weight is 234 g/mol. The molecule has 0 aliphatic rings. The first kappa shape index (κ1) is 13.6. The quantitative estimate of drug-likeness (QED) is 0.786. The van der Waals surface area contributed by atoms with E-state index in [-0.39, 0.29) is 5.91 Å². The Morgan fingerprint density at radius 3 is 2.35 bits per heavy atom. The van der Waals surface area contributed by atoms with Crippen LogP contribution < -0.4 is 11.1 Å². The van der Waals surface area contributed by atoms with Crippen molar-refractivity contribution in [2.24, 2.45) is 5.92 Å². The highest BCUT2D eigenvalue weighted by molar-refractivity contribution is 5.92. The summed E-state index contributed by atoms with van der Waals surface area (Å²) >= 11 is 0. The molecule has 0 spiro atoms. The van der Waals surface area contributed by atoms with Crippen LogP contribution in [0.3, 0.4) is 0 Å². The number of benzene rings is 1. The second-order valence-electron chi connectivity index (χ2n) is 4.80. The number of aryl methyl sites for hydroxylation is 2. The minimum absolute atomic E-state index is 0.0790. The summed E-state index contributed by atoms with van der Waals surface area (Å²) in [7, 11) is 0. The molecule has 1 unspecified atom stereocenters. The Morgan fingerprint density at radius 2 is 1.88 bits per heavy atom. The monoisotopic (exact) mass is 234 g/mol. The van der Waals surface area contributed by atoms with Gasteiger partial charge < -0.3 is 11.1 Å². The minimum Gasteiger partial charge on any atom is -0.399 e. The number of nitrogen functional groups attached to an aromatic ring is 1. The Morgan fingerprint density at radius 1 is 1.35 bits per heavy atom. The largest absolute Gasteiger partial charge is 0.399 e. The molecule has 1 amide bonds. The lowest BCUT2D eigenvalue weighted by atomic mass is 10.0. The van der Waals surface area contributed by atoms with Gasteiger partial charge in [-0.2, -0.15) is 0 Å². The number of hydrogen-bond donors (Lipinski definition) is 2. The van der Waals surface area contributed by atoms with Gasteiger partial charge in [0.1, 0.15) is 0 Å². The van der Waals surface area contributed by atoms with Gasteiger partial charge in [0.15, 0.2) is 0 Å². The van der Waals surface area contributed by atoms with Crippen molar-refractivity contribution in [3.8, 4) is 0 Å². The van der Waals surface area contributed by atoms with Gasteiger partial charge in [-0.25, -0.2) is 0 Å². The van der Waals surface area contributed by atoms with Crippen molar-refractivity contribution in [1.29, 1.82) is 0 Å². The maximum atomic E-state index is 11.8. The van der Waals surface area contributed by atoms with Gasteiger partial charge in [0.05, 0.1) is 0 Å². The Kier molecular flexibility index (Phi) is 4.55. The van der Waals surface area contributed by atoms with E-state index >= 15 is 0 Å². The zero-order valence-electron chi connectivity index (χ0n) is 11.1. The Bertz CT molecular complexity index is 390. The lowest BCUT2D eigenvalue weighted by molar-refractivity contribution is -0.117. The highest BCUT2D eigenvalue weighted by Crippen LogP contribution is 2.23. The number of nitrogens with two attached hydrogens (primary N) is 1. The normalized spacial score (nSPS) is 12.2. The number of rotatable bonds is 4. The highest BCUT2D eigenvalue weighted by atomic mass is 16.1. The number of hydrogen-bond acceptors (Lipinski definition) is 2. The molecule has 0 radical (unpaired) electrons. The van der Waals surface area contributed by atoms with Crippen molar-refractivity contribution in [1.82, 2.24) is 0 Å². The second-order valence-corrected chi connectivity index (χ2v) is 4.80. The molecule has 3 nitrogen and oxygen atoms in total. The van der Waals surface area contributed by atoms with Crippen LogP contribution in [0, 0.1) is 19.8 Å². The standard InChI is InChI=1S/C14H22N2O/c1-5-9(2)6-13(17)16-14-10(3)7-12(15)8-11(14)4/h7-9H,5-6,15H2,1-4H3,(H,16,17). The van der Waals surface area contributed by atoms with Gasteiger partial charge in [-0.1, -0.05) is 20.3 Å². The third-order valence-corrected chi connectivity index (χ3v) is 3.05. The van der Waals surface area contributed by atoms with Crippen LogP contribution >= 0.6 is 0 Å². The smallest absolute Gasteiger partial charge is 0.224 e. The number of anilines is 2. The molecule has 94 valence electrons. The minimum atomic E-state index is 0.0790. The van der Waals surface area contributed by atoms with Crippen molar-refractivity contribution < 1.29 is 4.79 Å². The average Bonchev–Trinajstić information content (AvgIpc) is 2.23. The topological polar surface area (TPSA) is 55.1 Å². The second kappa shape index (κ2) is 5.71. The number of nitrogens with one attached hydrogen (secondary N) is 1. The van der Waals surface area contributed by atoms with Crippen molar-refractivity contribution in [2.75, 3.05) is 11.1 Å². The Balaban J connectivity index is 2.78. The van der Waals surface area contributed by atoms with Gasteiger partial charge in [0.25, 0.3) is 0 Å². The van der Waals surface area contributed by atoms with Crippen molar-refractivity contribution in [3.63, 3.8) is 0 Å². The maximum Gasteiger partial charge on any atom is 0.224 e. The molecule has 3 N–H and O–H groups in total. The van der Waals surface area contributed by atoms with Gasteiger partial charge in [0, 0.05) is 17.8 Å². The lowest BCUT2D eigenvalue weighted by Crippen LogP contribution is -2.16. The Hall–Kier alpha value is -1.51. The van der Waals surface area contributed by atoms with E-state index in [1.165, 1.54) is 0 Å². The van der Waals surface area contributed by atoms with Crippen LogP contribution in [0.2, 0.25) is 0 Å². The fraction of sp³-hybridized carbons (Fsp3) is 0.500. The van der Waals surface area contributed by atoms with Crippen LogP contribution in [0.5, 0.6) is 0 Å². The summed E-state index contributed by atoms with van der Waals surface area (Å²) in [5.41, 5.74) is 9.41. The molecule has 17 heavy (non-hydrogen) atoms. The van der Waals surface area contributed by atoms with Crippen molar-refractivity contribution >= 4 is 17.3 Å². The third kappa shape index (κ3) is 3.77. The molecule has 0 aliphatic carbocycles. The summed E-state index contributed by atoms with van der Waals surface area (Å²) in [4.78, 5) is 11.8. The van der Waals surface area contributed by atoms with E-state index in [2.05, 4.69) is 19.2 Å². The van der Waals surface area contributed by atoms with Gasteiger partial charge in [0.2, 0.25) is 5.91 Å². The number of carbonyl (C=O) groups is 1. The predicted molar refractivity (Wildman–Crippen MR) is 73.0 cm³/mol. The molecule has 1 rings (SSSR count). The number of amides is 1. The highest BCUT2D eigenvalue weighted by Gasteiger charge is 2.10. The Labute approximate surface area is 103 Å². The van der Waals surface area contributed by atoms with E-state index in [4.69, 9.17) is 5.73 Å². The lowest BCUT2D eigenvalue weighted by Gasteiger charge is -2.14. The fourth-order valence-electron chi connectivity index (χ4n) is 1.85. The summed E-state index contributed by atoms with van der Waals surface area (Å²) < 4.78 is 0. The molecule has 0 heterocycles. The van der Waals surface area contributed by atoms with E-state index in [9.17, 15) is 4.79 Å². The SMILES string of the molecule is CCC(C)CC(=O)Nc1c(C)cc(N)cc1C. The molecule has 1 aromatic rings. The van der Waals surface area contributed by atoms with Crippen LogP contribution in [0.1, 0.15) is 37.8 Å². The molecule has 0 saturated heterocycles. The van der Waals surface area contributed by atoms with E-state index in [0.717, 1.165) is 28.9 Å². The van der Waals surface area contributed by atoms with Crippen molar-refractivity contribution in [2.45, 2.75) is 40.5 Å². The van der Waals surface area contributed by atoms with Crippen LogP contribution in [0.4, 0.5) is 11.4 Å². The first-order valence-corrected chi connectivity index (χ1v) is 6.10. The molecule has 0 aromatic heterocycles. The first-order valence-electron chi connectivity index (χ1n) is 6.10. The summed E-state index contributed by atoms with van der Waals surface area (Å²) in [5, 5.41) is 2.98. The molecule has 0 aliphatic heterocycles. The van der Waals surface area contributed by atoms with E-state index in [0.29, 0.717) is 12.3 Å². The molecule has 0 bridgehead atoms. The van der Waals surface area contributed by atoms with E-state index < -0.39 is 0 Å².